The van der Waals surface area contributed by atoms with E-state index in [4.69, 9.17) is 21.7 Å². The van der Waals surface area contributed by atoms with Gasteiger partial charge in [-0.05, 0) is 30.7 Å². The molecule has 8 heteroatoms. The quantitative estimate of drug-likeness (QED) is 0.612. The van der Waals surface area contributed by atoms with E-state index in [1.807, 2.05) is 0 Å². The predicted octanol–water partition coefficient (Wildman–Crippen LogP) is 2.77. The Labute approximate surface area is 149 Å². The lowest BCUT2D eigenvalue weighted by atomic mass is 10.1. The van der Waals surface area contributed by atoms with E-state index in [1.54, 1.807) is 38.3 Å². The molecule has 0 spiro atoms. The van der Waals surface area contributed by atoms with E-state index in [2.05, 4.69) is 0 Å². The number of thiocarbonyl (C=S) groups is 1. The lowest BCUT2D eigenvalue weighted by Gasteiger charge is -2.21. The summed E-state index contributed by atoms with van der Waals surface area (Å²) in [5.41, 5.74) is 0.653. The van der Waals surface area contributed by atoms with Gasteiger partial charge in [0.25, 0.3) is 5.91 Å². The highest BCUT2D eigenvalue weighted by Gasteiger charge is 2.39. The fraction of sp³-hybridized carbons (Fsp3) is 0.312. The monoisotopic (exact) mass is 367 g/mol. The first-order valence-electron chi connectivity index (χ1n) is 7.14. The zero-order valence-electron chi connectivity index (χ0n) is 13.4. The van der Waals surface area contributed by atoms with Gasteiger partial charge in [-0.2, -0.15) is 0 Å². The Morgan fingerprint density at radius 3 is 2.67 bits per heavy atom. The van der Waals surface area contributed by atoms with Crippen LogP contribution in [0.4, 0.5) is 0 Å². The van der Waals surface area contributed by atoms with Gasteiger partial charge in [-0.25, -0.2) is 4.79 Å². The van der Waals surface area contributed by atoms with Gasteiger partial charge in [-0.3, -0.25) is 9.69 Å². The summed E-state index contributed by atoms with van der Waals surface area (Å²) in [6.07, 6.45) is 1.91. The molecule has 1 heterocycles. The molecule has 1 aliphatic heterocycles. The summed E-state index contributed by atoms with van der Waals surface area (Å²) in [5.74, 6) is -0.293. The van der Waals surface area contributed by atoms with E-state index < -0.39 is 17.9 Å². The van der Waals surface area contributed by atoms with Crippen LogP contribution in [0.2, 0.25) is 0 Å². The normalized spacial score (nSPS) is 17.3. The number of benzene rings is 1. The van der Waals surface area contributed by atoms with Crippen molar-refractivity contribution >= 4 is 46.3 Å². The number of carbonyl (C=O) groups is 2. The van der Waals surface area contributed by atoms with Gasteiger partial charge in [0.05, 0.1) is 19.1 Å². The molecule has 0 radical (unpaired) electrons. The number of rotatable bonds is 6. The molecule has 1 aromatic carbocycles. The van der Waals surface area contributed by atoms with Crippen LogP contribution in [-0.2, 0) is 9.59 Å². The number of aliphatic carboxylic acids is 1. The second kappa shape index (κ2) is 7.67. The van der Waals surface area contributed by atoms with Crippen LogP contribution in [0.25, 0.3) is 6.08 Å². The number of methoxy groups -OCH3 is 2. The average molecular weight is 367 g/mol. The van der Waals surface area contributed by atoms with Crippen molar-refractivity contribution in [2.45, 2.75) is 19.4 Å². The fourth-order valence-corrected chi connectivity index (χ4v) is 3.66. The van der Waals surface area contributed by atoms with Crippen molar-refractivity contribution in [2.75, 3.05) is 14.2 Å². The van der Waals surface area contributed by atoms with Gasteiger partial charge in [0.1, 0.15) is 21.9 Å². The Morgan fingerprint density at radius 2 is 2.12 bits per heavy atom. The molecule has 6 nitrogen and oxygen atoms in total. The number of carbonyl (C=O) groups excluding carboxylic acids is 1. The topological polar surface area (TPSA) is 76.1 Å². The minimum absolute atomic E-state index is 0.238. The van der Waals surface area contributed by atoms with E-state index in [-0.39, 0.29) is 10.7 Å². The number of carboxylic acid groups (broad SMARTS) is 1. The molecule has 1 aliphatic rings. The second-order valence-corrected chi connectivity index (χ2v) is 6.60. The number of hydrogen-bond donors (Lipinski definition) is 1. The maximum Gasteiger partial charge on any atom is 0.326 e. The smallest absolute Gasteiger partial charge is 0.326 e. The zero-order chi connectivity index (χ0) is 17.9. The standard InChI is InChI=1S/C16H17NO5S2/c1-4-11(15(19)20)17-14(18)13(24-16(17)23)8-9-7-10(21-2)5-6-12(9)22-3/h5-8,11H,4H2,1-3H3,(H,19,20). The van der Waals surface area contributed by atoms with Crippen LogP contribution in [0.1, 0.15) is 18.9 Å². The molecule has 0 bridgehead atoms. The summed E-state index contributed by atoms with van der Waals surface area (Å²) in [7, 11) is 3.08. The molecular weight excluding hydrogens is 350 g/mol. The zero-order valence-corrected chi connectivity index (χ0v) is 15.1. The number of nitrogens with zero attached hydrogens (tertiary/aromatic N) is 1. The maximum atomic E-state index is 12.6. The summed E-state index contributed by atoms with van der Waals surface area (Å²) in [6, 6.07) is 4.26. The van der Waals surface area contributed by atoms with E-state index in [0.29, 0.717) is 22.0 Å². The highest BCUT2D eigenvalue weighted by molar-refractivity contribution is 8.26. The Balaban J connectivity index is 2.40. The van der Waals surface area contributed by atoms with Crippen LogP contribution in [0.3, 0.4) is 0 Å². The molecule has 1 aromatic rings. The van der Waals surface area contributed by atoms with Gasteiger partial charge < -0.3 is 14.6 Å². The molecule has 1 atom stereocenters. The predicted molar refractivity (Wildman–Crippen MR) is 96.3 cm³/mol. The molecule has 1 unspecified atom stereocenters. The molecular formula is C16H17NO5S2. The minimum atomic E-state index is -1.07. The van der Waals surface area contributed by atoms with Gasteiger partial charge in [-0.15, -0.1) is 0 Å². The van der Waals surface area contributed by atoms with Gasteiger partial charge in [-0.1, -0.05) is 30.9 Å². The highest BCUT2D eigenvalue weighted by atomic mass is 32.2. The Kier molecular flexibility index (Phi) is 5.84. The third kappa shape index (κ3) is 3.54. The number of hydrogen-bond acceptors (Lipinski definition) is 6. The number of thioether (sulfide) groups is 1. The Hall–Kier alpha value is -2.06. The molecule has 2 rings (SSSR count). The number of amides is 1. The van der Waals surface area contributed by atoms with Crippen LogP contribution in [0, 0.1) is 0 Å². The molecule has 1 saturated heterocycles. The van der Waals surface area contributed by atoms with Crippen molar-refractivity contribution in [1.82, 2.24) is 4.90 Å². The molecule has 128 valence electrons. The fourth-order valence-electron chi connectivity index (χ4n) is 2.31. The van der Waals surface area contributed by atoms with Crippen molar-refractivity contribution in [3.05, 3.63) is 28.7 Å². The molecule has 1 fully saturated rings. The van der Waals surface area contributed by atoms with E-state index in [1.165, 1.54) is 7.11 Å². The van der Waals surface area contributed by atoms with Crippen molar-refractivity contribution in [2.24, 2.45) is 0 Å². The highest BCUT2D eigenvalue weighted by Crippen LogP contribution is 2.36. The SMILES string of the molecule is CCC(C(=O)O)N1C(=O)C(=Cc2cc(OC)ccc2OC)SC1=S. The third-order valence-electron chi connectivity index (χ3n) is 3.53. The van der Waals surface area contributed by atoms with Gasteiger partial charge in [0.15, 0.2) is 0 Å². The summed E-state index contributed by atoms with van der Waals surface area (Å²) < 4.78 is 10.7. The minimum Gasteiger partial charge on any atom is -0.497 e. The van der Waals surface area contributed by atoms with E-state index in [0.717, 1.165) is 16.7 Å². The van der Waals surface area contributed by atoms with Gasteiger partial charge >= 0.3 is 5.97 Å². The van der Waals surface area contributed by atoms with Crippen molar-refractivity contribution < 1.29 is 24.2 Å². The Bertz CT molecular complexity index is 716. The van der Waals surface area contributed by atoms with Crippen LogP contribution in [-0.4, -0.2) is 46.5 Å². The van der Waals surface area contributed by atoms with Crippen molar-refractivity contribution in [3.63, 3.8) is 0 Å². The van der Waals surface area contributed by atoms with E-state index in [9.17, 15) is 14.7 Å². The van der Waals surface area contributed by atoms with Crippen LogP contribution in [0.5, 0.6) is 11.5 Å². The molecule has 24 heavy (non-hydrogen) atoms. The Morgan fingerprint density at radius 1 is 1.42 bits per heavy atom. The lowest BCUT2D eigenvalue weighted by Crippen LogP contribution is -2.43. The van der Waals surface area contributed by atoms with Crippen LogP contribution in [0.15, 0.2) is 23.1 Å². The summed E-state index contributed by atoms with van der Waals surface area (Å²) in [5, 5.41) is 9.28. The van der Waals surface area contributed by atoms with Crippen LogP contribution < -0.4 is 9.47 Å². The van der Waals surface area contributed by atoms with E-state index >= 15 is 0 Å². The molecule has 0 aliphatic carbocycles. The van der Waals surface area contributed by atoms with Gasteiger partial charge in [0.2, 0.25) is 0 Å². The molecule has 1 N–H and O–H groups in total. The molecule has 1 amide bonds. The third-order valence-corrected chi connectivity index (χ3v) is 4.86. The maximum absolute atomic E-state index is 12.6. The first-order chi connectivity index (χ1) is 11.4. The lowest BCUT2D eigenvalue weighted by molar-refractivity contribution is -0.145. The van der Waals surface area contributed by atoms with Crippen molar-refractivity contribution in [1.29, 1.82) is 0 Å². The first-order valence-corrected chi connectivity index (χ1v) is 8.37. The summed E-state index contributed by atoms with van der Waals surface area (Å²) in [6.45, 7) is 1.70. The molecule has 0 aromatic heterocycles. The largest absolute Gasteiger partial charge is 0.497 e. The number of ether oxygens (including phenoxy) is 2. The van der Waals surface area contributed by atoms with Gasteiger partial charge in [0, 0.05) is 5.56 Å². The molecule has 0 saturated carbocycles. The van der Waals surface area contributed by atoms with Crippen molar-refractivity contribution in [3.8, 4) is 11.5 Å². The second-order valence-electron chi connectivity index (χ2n) is 4.92. The first kappa shape index (κ1) is 18.3. The van der Waals surface area contributed by atoms with Crippen LogP contribution >= 0.6 is 24.0 Å². The average Bonchev–Trinajstić information content (AvgIpc) is 2.83. The number of carboxylic acids is 1. The summed E-state index contributed by atoms with van der Waals surface area (Å²) in [4.78, 5) is 25.4. The summed E-state index contributed by atoms with van der Waals surface area (Å²) >= 11 is 6.27.